The molecule has 0 atom stereocenters. The van der Waals surface area contributed by atoms with Crippen LogP contribution in [0.3, 0.4) is 0 Å². The molecule has 0 unspecified atom stereocenters. The van der Waals surface area contributed by atoms with E-state index in [1.807, 2.05) is 6.07 Å². The van der Waals surface area contributed by atoms with E-state index in [-0.39, 0.29) is 16.7 Å². The van der Waals surface area contributed by atoms with Gasteiger partial charge in [0.05, 0.1) is 11.6 Å². The maximum absolute atomic E-state index is 11.6. The van der Waals surface area contributed by atoms with E-state index in [2.05, 4.69) is 5.32 Å². The van der Waals surface area contributed by atoms with Crippen molar-refractivity contribution in [3.63, 3.8) is 0 Å². The molecule has 0 spiro atoms. The predicted octanol–water partition coefficient (Wildman–Crippen LogP) is 0.585. The molecule has 1 aromatic carbocycles. The summed E-state index contributed by atoms with van der Waals surface area (Å²) in [5, 5.41) is 29.6. The second kappa shape index (κ2) is 5.74. The van der Waals surface area contributed by atoms with Gasteiger partial charge in [-0.1, -0.05) is 6.07 Å². The molecule has 6 nitrogen and oxygen atoms in total. The van der Waals surface area contributed by atoms with Crippen molar-refractivity contribution in [1.29, 1.82) is 5.26 Å². The van der Waals surface area contributed by atoms with Gasteiger partial charge in [0, 0.05) is 11.2 Å². The number of ether oxygens (including phenoxy) is 1. The van der Waals surface area contributed by atoms with E-state index in [1.165, 1.54) is 18.2 Å². The van der Waals surface area contributed by atoms with Gasteiger partial charge in [-0.05, 0) is 32.9 Å². The van der Waals surface area contributed by atoms with Crippen LogP contribution in [0.4, 0.5) is 10.5 Å². The van der Waals surface area contributed by atoms with E-state index in [4.69, 9.17) is 10.00 Å². The first-order valence-electron chi connectivity index (χ1n) is 5.63. The summed E-state index contributed by atoms with van der Waals surface area (Å²) in [6.45, 7) is 5.13. The predicted molar refractivity (Wildman–Crippen MR) is 70.8 cm³/mol. The standard InChI is InChI=1S/C12H15BN2O4/c1-12(2,3)19-11(16)15-10-6-8(7-14)4-5-9(10)13(17)18/h4-6,17-18H,1-3H3,(H,15,16). The van der Waals surface area contributed by atoms with Gasteiger partial charge in [-0.15, -0.1) is 0 Å². The Morgan fingerprint density at radius 3 is 2.53 bits per heavy atom. The molecule has 0 aliphatic carbocycles. The molecular formula is C12H15BN2O4. The van der Waals surface area contributed by atoms with E-state index >= 15 is 0 Å². The number of hydrogen-bond donors (Lipinski definition) is 3. The van der Waals surface area contributed by atoms with Crippen molar-refractivity contribution < 1.29 is 19.6 Å². The Kier molecular flexibility index (Phi) is 4.54. The van der Waals surface area contributed by atoms with Gasteiger partial charge in [-0.2, -0.15) is 5.26 Å². The Morgan fingerprint density at radius 1 is 1.42 bits per heavy atom. The van der Waals surface area contributed by atoms with Crippen LogP contribution in [0.25, 0.3) is 0 Å². The van der Waals surface area contributed by atoms with Crippen molar-refractivity contribution in [1.82, 2.24) is 0 Å². The van der Waals surface area contributed by atoms with Crippen molar-refractivity contribution in [3.05, 3.63) is 23.8 Å². The number of nitrogens with zero attached hydrogens (tertiary/aromatic N) is 1. The zero-order chi connectivity index (χ0) is 14.6. The summed E-state index contributed by atoms with van der Waals surface area (Å²) in [7, 11) is -1.75. The lowest BCUT2D eigenvalue weighted by Crippen LogP contribution is -2.35. The summed E-state index contributed by atoms with van der Waals surface area (Å²) in [5.41, 5.74) is -0.168. The maximum Gasteiger partial charge on any atom is 0.490 e. The van der Waals surface area contributed by atoms with E-state index in [9.17, 15) is 14.8 Å². The average Bonchev–Trinajstić information content (AvgIpc) is 2.25. The Balaban J connectivity index is 2.98. The highest BCUT2D eigenvalue weighted by Gasteiger charge is 2.21. The molecule has 0 fully saturated rings. The topological polar surface area (TPSA) is 103 Å². The smallest absolute Gasteiger partial charge is 0.444 e. The van der Waals surface area contributed by atoms with E-state index in [0.29, 0.717) is 0 Å². The summed E-state index contributed by atoms with van der Waals surface area (Å²) in [5.74, 6) is 0. The number of benzene rings is 1. The third-order valence-corrected chi connectivity index (χ3v) is 2.10. The van der Waals surface area contributed by atoms with Crippen molar-refractivity contribution >= 4 is 24.4 Å². The SMILES string of the molecule is CC(C)(C)OC(=O)Nc1cc(C#N)ccc1B(O)O. The van der Waals surface area contributed by atoms with Crippen molar-refractivity contribution in [2.45, 2.75) is 26.4 Å². The molecule has 100 valence electrons. The number of carbonyl (C=O) groups excluding carboxylic acids is 1. The molecule has 0 bridgehead atoms. The molecule has 0 saturated heterocycles. The average molecular weight is 262 g/mol. The summed E-state index contributed by atoms with van der Waals surface area (Å²) >= 11 is 0. The zero-order valence-electron chi connectivity index (χ0n) is 11.0. The van der Waals surface area contributed by atoms with Crippen molar-refractivity contribution in [3.8, 4) is 6.07 Å². The molecule has 0 radical (unpaired) electrons. The van der Waals surface area contributed by atoms with Crippen molar-refractivity contribution in [2.75, 3.05) is 5.32 Å². The van der Waals surface area contributed by atoms with Gasteiger partial charge in [0.15, 0.2) is 0 Å². The number of nitrogens with one attached hydrogen (secondary N) is 1. The largest absolute Gasteiger partial charge is 0.490 e. The van der Waals surface area contributed by atoms with Crippen LogP contribution < -0.4 is 10.8 Å². The van der Waals surface area contributed by atoms with Gasteiger partial charge in [-0.3, -0.25) is 5.32 Å². The summed E-state index contributed by atoms with van der Waals surface area (Å²) in [4.78, 5) is 11.6. The molecule has 1 amide bonds. The molecule has 3 N–H and O–H groups in total. The monoisotopic (exact) mass is 262 g/mol. The van der Waals surface area contributed by atoms with Crippen LogP contribution in [0, 0.1) is 11.3 Å². The highest BCUT2D eigenvalue weighted by atomic mass is 16.6. The van der Waals surface area contributed by atoms with E-state index in [0.717, 1.165) is 0 Å². The minimum atomic E-state index is -1.75. The fraction of sp³-hybridized carbons (Fsp3) is 0.333. The summed E-state index contributed by atoms with van der Waals surface area (Å²) in [6, 6.07) is 6.03. The highest BCUT2D eigenvalue weighted by molar-refractivity contribution is 6.60. The first kappa shape index (κ1) is 15.0. The van der Waals surface area contributed by atoms with Gasteiger partial charge in [0.1, 0.15) is 5.60 Å². The van der Waals surface area contributed by atoms with Crippen LogP contribution >= 0.6 is 0 Å². The number of carbonyl (C=O) groups is 1. The molecule has 0 aromatic heterocycles. The Morgan fingerprint density at radius 2 is 2.05 bits per heavy atom. The van der Waals surface area contributed by atoms with Crippen LogP contribution in [0.5, 0.6) is 0 Å². The quantitative estimate of drug-likeness (QED) is 0.676. The second-order valence-electron chi connectivity index (χ2n) is 4.91. The molecule has 0 saturated carbocycles. The Labute approximate surface area is 111 Å². The summed E-state index contributed by atoms with van der Waals surface area (Å²) < 4.78 is 5.05. The minimum Gasteiger partial charge on any atom is -0.444 e. The normalized spacial score (nSPS) is 10.5. The zero-order valence-corrected chi connectivity index (χ0v) is 11.0. The first-order chi connectivity index (χ1) is 8.73. The number of rotatable bonds is 2. The highest BCUT2D eigenvalue weighted by Crippen LogP contribution is 2.12. The van der Waals surface area contributed by atoms with Gasteiger partial charge < -0.3 is 14.8 Å². The van der Waals surface area contributed by atoms with Gasteiger partial charge >= 0.3 is 13.2 Å². The van der Waals surface area contributed by atoms with Crippen LogP contribution in [0.15, 0.2) is 18.2 Å². The number of hydrogen-bond acceptors (Lipinski definition) is 5. The van der Waals surface area contributed by atoms with Gasteiger partial charge in [-0.25, -0.2) is 4.79 Å². The van der Waals surface area contributed by atoms with Crippen LogP contribution in [-0.4, -0.2) is 28.9 Å². The third kappa shape index (κ3) is 4.62. The molecule has 19 heavy (non-hydrogen) atoms. The lowest BCUT2D eigenvalue weighted by molar-refractivity contribution is 0.0636. The fourth-order valence-electron chi connectivity index (χ4n) is 1.37. The summed E-state index contributed by atoms with van der Waals surface area (Å²) in [6.07, 6.45) is -0.732. The fourth-order valence-corrected chi connectivity index (χ4v) is 1.37. The van der Waals surface area contributed by atoms with Crippen LogP contribution in [0.1, 0.15) is 26.3 Å². The Hall–Kier alpha value is -2.04. The molecule has 7 heteroatoms. The van der Waals surface area contributed by atoms with E-state index < -0.39 is 18.8 Å². The Bertz CT molecular complexity index is 517. The molecule has 0 heterocycles. The number of amides is 1. The first-order valence-corrected chi connectivity index (χ1v) is 5.63. The van der Waals surface area contributed by atoms with Gasteiger partial charge in [0.25, 0.3) is 0 Å². The maximum atomic E-state index is 11.6. The van der Waals surface area contributed by atoms with Crippen molar-refractivity contribution in [2.24, 2.45) is 0 Å². The minimum absolute atomic E-state index is 0.0878. The third-order valence-electron chi connectivity index (χ3n) is 2.10. The van der Waals surface area contributed by atoms with Crippen LogP contribution in [0.2, 0.25) is 0 Å². The molecule has 1 aromatic rings. The van der Waals surface area contributed by atoms with Gasteiger partial charge in [0.2, 0.25) is 0 Å². The lowest BCUT2D eigenvalue weighted by atomic mass is 9.78. The van der Waals surface area contributed by atoms with Crippen LogP contribution in [-0.2, 0) is 4.74 Å². The number of nitriles is 1. The lowest BCUT2D eigenvalue weighted by Gasteiger charge is -2.20. The molecule has 0 aliphatic rings. The molecule has 0 aliphatic heterocycles. The molecule has 1 rings (SSSR count). The number of anilines is 1. The second-order valence-corrected chi connectivity index (χ2v) is 4.91. The molecular weight excluding hydrogens is 247 g/mol. The van der Waals surface area contributed by atoms with E-state index in [1.54, 1.807) is 20.8 Å².